The van der Waals surface area contributed by atoms with Crippen LogP contribution >= 0.6 is 0 Å². The summed E-state index contributed by atoms with van der Waals surface area (Å²) in [6, 6.07) is 11.1. The van der Waals surface area contributed by atoms with Crippen molar-refractivity contribution in [1.82, 2.24) is 0 Å². The largest absolute Gasteiger partial charge is 0.318 e. The van der Waals surface area contributed by atoms with Gasteiger partial charge in [-0.3, -0.25) is 14.4 Å². The first-order valence-corrected chi connectivity index (χ1v) is 9.17. The van der Waals surface area contributed by atoms with E-state index in [1.54, 1.807) is 6.07 Å². The minimum absolute atomic E-state index is 0.165. The normalized spacial score (nSPS) is 15.1. The van der Waals surface area contributed by atoms with Crippen LogP contribution in [0.3, 0.4) is 0 Å². The molecule has 4 rings (SSSR count). The lowest BCUT2D eigenvalue weighted by atomic mass is 9.91. The lowest BCUT2D eigenvalue weighted by molar-refractivity contribution is -0.133. The summed E-state index contributed by atoms with van der Waals surface area (Å²) in [5, 5.41) is 5.34. The molecule has 0 atom stereocenters. The third-order valence-electron chi connectivity index (χ3n) is 5.13. The summed E-state index contributed by atoms with van der Waals surface area (Å²) in [6.45, 7) is 2.62. The molecule has 2 N–H and O–H groups in total. The third-order valence-corrected chi connectivity index (χ3v) is 5.13. The second-order valence-electron chi connectivity index (χ2n) is 7.02. The standard InChI is InChI=1S/C21H21N3O3/c1-13-5-2-3-7-17(13)23-21(27)20(26)22-16-11-14-6-4-10-24-18(25)9-8-15(12-16)19(14)24/h2-3,5,7,11-12H,4,6,8-10H2,1H3,(H,22,26)(H,23,27). The lowest BCUT2D eigenvalue weighted by Crippen LogP contribution is -2.39. The fourth-order valence-electron chi connectivity index (χ4n) is 3.81. The molecule has 6 heteroatoms. The monoisotopic (exact) mass is 363 g/mol. The van der Waals surface area contributed by atoms with Crippen LogP contribution in [-0.4, -0.2) is 24.3 Å². The van der Waals surface area contributed by atoms with E-state index >= 15 is 0 Å². The Bertz CT molecular complexity index is 934. The van der Waals surface area contributed by atoms with Crippen molar-refractivity contribution in [3.05, 3.63) is 53.1 Å². The van der Waals surface area contributed by atoms with Crippen molar-refractivity contribution in [1.29, 1.82) is 0 Å². The Morgan fingerprint density at radius 1 is 0.963 bits per heavy atom. The van der Waals surface area contributed by atoms with E-state index in [1.807, 2.05) is 42.2 Å². The number of hydrogen-bond acceptors (Lipinski definition) is 3. The second kappa shape index (κ2) is 6.87. The molecule has 0 aliphatic carbocycles. The van der Waals surface area contributed by atoms with Gasteiger partial charge >= 0.3 is 11.8 Å². The molecular formula is C21H21N3O3. The van der Waals surface area contributed by atoms with Crippen molar-refractivity contribution < 1.29 is 14.4 Å². The van der Waals surface area contributed by atoms with Crippen LogP contribution in [0.4, 0.5) is 17.1 Å². The zero-order chi connectivity index (χ0) is 19.0. The smallest absolute Gasteiger partial charge is 0.314 e. The summed E-state index contributed by atoms with van der Waals surface area (Å²) < 4.78 is 0. The summed E-state index contributed by atoms with van der Waals surface area (Å²) in [5.74, 6) is -1.24. The molecule has 0 radical (unpaired) electrons. The van der Waals surface area contributed by atoms with Crippen LogP contribution in [0.5, 0.6) is 0 Å². The Balaban J connectivity index is 1.53. The molecule has 3 amide bonds. The van der Waals surface area contributed by atoms with Gasteiger partial charge in [0.2, 0.25) is 5.91 Å². The average molecular weight is 363 g/mol. The van der Waals surface area contributed by atoms with Gasteiger partial charge in [0, 0.05) is 24.3 Å². The Hall–Kier alpha value is -3.15. The zero-order valence-corrected chi connectivity index (χ0v) is 15.2. The SMILES string of the molecule is Cc1ccccc1NC(=O)C(=O)Nc1cc2c3c(c1)CCC(=O)N3CCC2. The van der Waals surface area contributed by atoms with E-state index in [-0.39, 0.29) is 5.91 Å². The number of nitrogens with zero attached hydrogens (tertiary/aromatic N) is 1. The van der Waals surface area contributed by atoms with Gasteiger partial charge in [-0.2, -0.15) is 0 Å². The molecule has 0 aromatic heterocycles. The van der Waals surface area contributed by atoms with Gasteiger partial charge in [-0.05, 0) is 61.1 Å². The van der Waals surface area contributed by atoms with Crippen molar-refractivity contribution >= 4 is 34.8 Å². The first-order chi connectivity index (χ1) is 13.0. The zero-order valence-electron chi connectivity index (χ0n) is 15.2. The van der Waals surface area contributed by atoms with Crippen LogP contribution in [0.2, 0.25) is 0 Å². The number of amides is 3. The highest BCUT2D eigenvalue weighted by Gasteiger charge is 2.30. The summed E-state index contributed by atoms with van der Waals surface area (Å²) in [6.07, 6.45) is 2.92. The van der Waals surface area contributed by atoms with Crippen molar-refractivity contribution in [2.45, 2.75) is 32.6 Å². The average Bonchev–Trinajstić information content (AvgIpc) is 2.66. The summed E-state index contributed by atoms with van der Waals surface area (Å²) in [4.78, 5) is 38.6. The Morgan fingerprint density at radius 2 is 1.67 bits per heavy atom. The molecule has 2 heterocycles. The van der Waals surface area contributed by atoms with Gasteiger partial charge in [-0.1, -0.05) is 18.2 Å². The molecule has 2 aromatic carbocycles. The van der Waals surface area contributed by atoms with E-state index < -0.39 is 11.8 Å². The lowest BCUT2D eigenvalue weighted by Gasteiger charge is -2.35. The third kappa shape index (κ3) is 3.30. The van der Waals surface area contributed by atoms with Crippen LogP contribution in [0.25, 0.3) is 0 Å². The molecule has 6 nitrogen and oxygen atoms in total. The number of anilines is 3. The number of nitrogens with one attached hydrogen (secondary N) is 2. The highest BCUT2D eigenvalue weighted by Crippen LogP contribution is 2.37. The Labute approximate surface area is 157 Å². The van der Waals surface area contributed by atoms with E-state index in [0.29, 0.717) is 24.2 Å². The van der Waals surface area contributed by atoms with E-state index in [1.165, 1.54) is 0 Å². The minimum atomic E-state index is -0.704. The van der Waals surface area contributed by atoms with Crippen LogP contribution in [0.1, 0.15) is 29.5 Å². The van der Waals surface area contributed by atoms with Crippen LogP contribution in [0, 0.1) is 6.92 Å². The van der Waals surface area contributed by atoms with E-state index in [2.05, 4.69) is 10.6 Å². The van der Waals surface area contributed by atoms with Crippen molar-refractivity contribution in [2.24, 2.45) is 0 Å². The maximum atomic E-state index is 12.3. The Morgan fingerprint density at radius 3 is 2.44 bits per heavy atom. The summed E-state index contributed by atoms with van der Waals surface area (Å²) in [5.41, 5.74) is 5.22. The van der Waals surface area contributed by atoms with Gasteiger partial charge in [0.05, 0.1) is 5.69 Å². The van der Waals surface area contributed by atoms with Gasteiger partial charge in [-0.15, -0.1) is 0 Å². The minimum Gasteiger partial charge on any atom is -0.318 e. The summed E-state index contributed by atoms with van der Waals surface area (Å²) >= 11 is 0. The van der Waals surface area contributed by atoms with E-state index in [4.69, 9.17) is 0 Å². The van der Waals surface area contributed by atoms with Crippen LogP contribution < -0.4 is 15.5 Å². The molecule has 0 bridgehead atoms. The number of benzene rings is 2. The van der Waals surface area contributed by atoms with Gasteiger partial charge in [-0.25, -0.2) is 0 Å². The molecule has 0 saturated carbocycles. The van der Waals surface area contributed by atoms with Gasteiger partial charge in [0.15, 0.2) is 0 Å². The first kappa shape index (κ1) is 17.3. The summed E-state index contributed by atoms with van der Waals surface area (Å²) in [7, 11) is 0. The van der Waals surface area contributed by atoms with Gasteiger partial charge in [0.1, 0.15) is 0 Å². The molecule has 0 fully saturated rings. The van der Waals surface area contributed by atoms with Crippen LogP contribution in [-0.2, 0) is 27.2 Å². The van der Waals surface area contributed by atoms with Crippen LogP contribution in [0.15, 0.2) is 36.4 Å². The predicted molar refractivity (Wildman–Crippen MR) is 104 cm³/mol. The molecule has 0 unspecified atom stereocenters. The molecule has 27 heavy (non-hydrogen) atoms. The van der Waals surface area contributed by atoms with Crippen molar-refractivity contribution in [3.8, 4) is 0 Å². The topological polar surface area (TPSA) is 78.5 Å². The molecular weight excluding hydrogens is 342 g/mol. The number of rotatable bonds is 2. The fourth-order valence-corrected chi connectivity index (χ4v) is 3.81. The number of para-hydroxylation sites is 1. The van der Waals surface area contributed by atoms with Gasteiger partial charge < -0.3 is 15.5 Å². The van der Waals surface area contributed by atoms with Crippen molar-refractivity contribution in [2.75, 3.05) is 22.1 Å². The highest BCUT2D eigenvalue weighted by atomic mass is 16.2. The molecule has 2 aliphatic heterocycles. The molecule has 0 saturated heterocycles. The first-order valence-electron chi connectivity index (χ1n) is 9.17. The number of hydrogen-bond donors (Lipinski definition) is 2. The van der Waals surface area contributed by atoms with E-state index in [9.17, 15) is 14.4 Å². The highest BCUT2D eigenvalue weighted by molar-refractivity contribution is 6.43. The molecule has 0 spiro atoms. The number of carbonyl (C=O) groups is 3. The van der Waals surface area contributed by atoms with E-state index in [0.717, 1.165) is 41.8 Å². The maximum absolute atomic E-state index is 12.3. The number of aryl methyl sites for hydroxylation is 3. The Kier molecular flexibility index (Phi) is 4.39. The molecule has 2 aliphatic rings. The maximum Gasteiger partial charge on any atom is 0.314 e. The quantitative estimate of drug-likeness (QED) is 0.806. The van der Waals surface area contributed by atoms with Crippen molar-refractivity contribution in [3.63, 3.8) is 0 Å². The second-order valence-corrected chi connectivity index (χ2v) is 7.02. The molecule has 2 aromatic rings. The van der Waals surface area contributed by atoms with Gasteiger partial charge in [0.25, 0.3) is 0 Å². The fraction of sp³-hybridized carbons (Fsp3) is 0.286. The predicted octanol–water partition coefficient (Wildman–Crippen LogP) is 2.80. The number of carbonyl (C=O) groups excluding carboxylic acids is 3. The molecule has 138 valence electrons.